The first-order valence-electron chi connectivity index (χ1n) is 12.1. The zero-order chi connectivity index (χ0) is 23.3. The molecule has 0 spiro atoms. The molecule has 3 aromatic rings. The van der Waals surface area contributed by atoms with Crippen molar-refractivity contribution in [1.82, 2.24) is 24.5 Å². The van der Waals surface area contributed by atoms with Crippen LogP contribution in [-0.4, -0.2) is 62.5 Å². The van der Waals surface area contributed by atoms with Crippen LogP contribution in [0.4, 0.5) is 11.8 Å². The fourth-order valence-corrected chi connectivity index (χ4v) is 5.46. The number of anilines is 2. The summed E-state index contributed by atoms with van der Waals surface area (Å²) in [5.41, 5.74) is 2.27. The van der Waals surface area contributed by atoms with Crippen molar-refractivity contribution >= 4 is 29.4 Å². The molecule has 9 nitrogen and oxygen atoms in total. The summed E-state index contributed by atoms with van der Waals surface area (Å²) in [5.74, 6) is 1.73. The molecule has 0 bridgehead atoms. The van der Waals surface area contributed by atoms with E-state index in [2.05, 4.69) is 55.2 Å². The van der Waals surface area contributed by atoms with Crippen LogP contribution in [0.5, 0.6) is 0 Å². The highest BCUT2D eigenvalue weighted by Gasteiger charge is 2.24. The Labute approximate surface area is 203 Å². The topological polar surface area (TPSA) is 90.1 Å². The number of nitrogens with zero attached hydrogens (tertiary/aromatic N) is 6. The van der Waals surface area contributed by atoms with Crippen molar-refractivity contribution in [3.63, 3.8) is 0 Å². The molecule has 2 aromatic heterocycles. The molecule has 0 radical (unpaired) electrons. The second-order valence-corrected chi connectivity index (χ2v) is 9.58. The van der Waals surface area contributed by atoms with E-state index in [0.717, 1.165) is 49.8 Å². The van der Waals surface area contributed by atoms with Gasteiger partial charge >= 0.3 is 0 Å². The molecule has 1 amide bonds. The van der Waals surface area contributed by atoms with Crippen LogP contribution < -0.4 is 10.2 Å². The summed E-state index contributed by atoms with van der Waals surface area (Å²) in [6, 6.07) is 10.6. The molecule has 34 heavy (non-hydrogen) atoms. The summed E-state index contributed by atoms with van der Waals surface area (Å²) in [6.45, 7) is 5.01. The summed E-state index contributed by atoms with van der Waals surface area (Å²) in [6.07, 6.45) is 7.32. The van der Waals surface area contributed by atoms with Crippen molar-refractivity contribution in [3.05, 3.63) is 42.1 Å². The van der Waals surface area contributed by atoms with Crippen LogP contribution in [0.15, 0.2) is 41.7 Å². The molecule has 0 atom stereocenters. The summed E-state index contributed by atoms with van der Waals surface area (Å²) in [7, 11) is 0. The van der Waals surface area contributed by atoms with Gasteiger partial charge in [-0.25, -0.2) is 4.68 Å². The van der Waals surface area contributed by atoms with E-state index in [9.17, 15) is 4.79 Å². The van der Waals surface area contributed by atoms with Gasteiger partial charge in [-0.1, -0.05) is 49.7 Å². The van der Waals surface area contributed by atoms with Crippen LogP contribution in [0, 0.1) is 0 Å². The first-order chi connectivity index (χ1) is 16.7. The number of carbonyl (C=O) groups is 1. The number of morpholine rings is 1. The number of thioether (sulfide) groups is 1. The third-order valence-electron chi connectivity index (χ3n) is 6.46. The number of aromatic nitrogens is 5. The second-order valence-electron chi connectivity index (χ2n) is 8.64. The number of aryl methyl sites for hydroxylation is 1. The number of para-hydroxylation sites is 1. The van der Waals surface area contributed by atoms with E-state index >= 15 is 0 Å². The third kappa shape index (κ3) is 4.83. The SMILES string of the molecule is CCc1ccccc1-n1c(SCC(=O)Nc2ccnn2C2CCCC2)nnc1N1CCOCC1. The zero-order valence-electron chi connectivity index (χ0n) is 19.5. The van der Waals surface area contributed by atoms with E-state index in [1.165, 1.54) is 30.2 Å². The standard InChI is InChI=1S/C24H31N7O2S/c1-2-18-7-3-6-10-20(18)30-23(29-13-15-33-16-14-29)27-28-24(30)34-17-22(32)26-21-11-12-25-31(21)19-8-4-5-9-19/h3,6-7,10-12,19H,2,4-5,8-9,13-17H2,1H3,(H,26,32). The lowest BCUT2D eigenvalue weighted by molar-refractivity contribution is -0.113. The average Bonchev–Trinajstić information content (AvgIpc) is 3.64. The quantitative estimate of drug-likeness (QED) is 0.491. The number of nitrogens with one attached hydrogen (secondary N) is 1. The Morgan fingerprint density at radius 1 is 1.15 bits per heavy atom. The molecule has 0 unspecified atom stereocenters. The molecule has 2 fully saturated rings. The predicted molar refractivity (Wildman–Crippen MR) is 133 cm³/mol. The van der Waals surface area contributed by atoms with Gasteiger partial charge < -0.3 is 15.0 Å². The number of benzene rings is 1. The fourth-order valence-electron chi connectivity index (χ4n) is 4.72. The highest BCUT2D eigenvalue weighted by molar-refractivity contribution is 7.99. The molecule has 2 aliphatic rings. The number of carbonyl (C=O) groups excluding carboxylic acids is 1. The number of rotatable bonds is 8. The van der Waals surface area contributed by atoms with Gasteiger partial charge in [-0.05, 0) is 30.9 Å². The third-order valence-corrected chi connectivity index (χ3v) is 7.39. The highest BCUT2D eigenvalue weighted by atomic mass is 32.2. The van der Waals surface area contributed by atoms with Gasteiger partial charge in [-0.3, -0.25) is 9.36 Å². The summed E-state index contributed by atoms with van der Waals surface area (Å²) in [4.78, 5) is 15.1. The van der Waals surface area contributed by atoms with Gasteiger partial charge in [-0.2, -0.15) is 5.10 Å². The van der Waals surface area contributed by atoms with Gasteiger partial charge in [0.15, 0.2) is 5.16 Å². The van der Waals surface area contributed by atoms with Gasteiger partial charge in [0, 0.05) is 19.2 Å². The van der Waals surface area contributed by atoms with Crippen LogP contribution in [0.1, 0.15) is 44.2 Å². The second kappa shape index (κ2) is 10.6. The minimum Gasteiger partial charge on any atom is -0.378 e. The van der Waals surface area contributed by atoms with Crippen LogP contribution in [0.3, 0.4) is 0 Å². The average molecular weight is 482 g/mol. The summed E-state index contributed by atoms with van der Waals surface area (Å²) >= 11 is 1.40. The van der Waals surface area contributed by atoms with E-state index in [1.54, 1.807) is 6.20 Å². The first-order valence-corrected chi connectivity index (χ1v) is 13.1. The smallest absolute Gasteiger partial charge is 0.235 e. The van der Waals surface area contributed by atoms with Crippen molar-refractivity contribution in [3.8, 4) is 5.69 Å². The lowest BCUT2D eigenvalue weighted by atomic mass is 10.1. The fraction of sp³-hybridized carbons (Fsp3) is 0.500. The van der Waals surface area contributed by atoms with Gasteiger partial charge in [0.25, 0.3) is 0 Å². The summed E-state index contributed by atoms with van der Waals surface area (Å²) in [5, 5.41) is 17.2. The molecule has 1 saturated heterocycles. The molecule has 180 valence electrons. The van der Waals surface area contributed by atoms with Crippen molar-refractivity contribution in [2.24, 2.45) is 0 Å². The number of hydrogen-bond donors (Lipinski definition) is 1. The maximum Gasteiger partial charge on any atom is 0.235 e. The number of ether oxygens (including phenoxy) is 1. The lowest BCUT2D eigenvalue weighted by Crippen LogP contribution is -2.38. The Balaban J connectivity index is 1.35. The molecule has 1 aliphatic carbocycles. The Hall–Kier alpha value is -2.85. The van der Waals surface area contributed by atoms with E-state index in [-0.39, 0.29) is 11.7 Å². The van der Waals surface area contributed by atoms with Crippen LogP contribution in [-0.2, 0) is 16.0 Å². The van der Waals surface area contributed by atoms with Crippen molar-refractivity contribution in [1.29, 1.82) is 0 Å². The minimum atomic E-state index is -0.0732. The minimum absolute atomic E-state index is 0.0732. The maximum absolute atomic E-state index is 12.9. The van der Waals surface area contributed by atoms with Crippen molar-refractivity contribution in [2.45, 2.75) is 50.2 Å². The Bertz CT molecular complexity index is 1120. The van der Waals surface area contributed by atoms with E-state index in [0.29, 0.717) is 24.4 Å². The highest BCUT2D eigenvalue weighted by Crippen LogP contribution is 2.32. The van der Waals surface area contributed by atoms with Crippen LogP contribution >= 0.6 is 11.8 Å². The van der Waals surface area contributed by atoms with Gasteiger partial charge in [0.1, 0.15) is 5.82 Å². The molecular weight excluding hydrogens is 450 g/mol. The largest absolute Gasteiger partial charge is 0.378 e. The number of hydrogen-bond acceptors (Lipinski definition) is 7. The van der Waals surface area contributed by atoms with Gasteiger partial charge in [0.2, 0.25) is 11.9 Å². The molecule has 5 rings (SSSR count). The molecule has 1 saturated carbocycles. The van der Waals surface area contributed by atoms with E-state index in [1.807, 2.05) is 16.8 Å². The molecule has 1 aliphatic heterocycles. The zero-order valence-corrected chi connectivity index (χ0v) is 20.3. The lowest BCUT2D eigenvalue weighted by Gasteiger charge is -2.28. The Morgan fingerprint density at radius 2 is 1.94 bits per heavy atom. The van der Waals surface area contributed by atoms with E-state index in [4.69, 9.17) is 4.74 Å². The van der Waals surface area contributed by atoms with Crippen molar-refractivity contribution < 1.29 is 9.53 Å². The first kappa shape index (κ1) is 22.9. The Morgan fingerprint density at radius 3 is 2.74 bits per heavy atom. The van der Waals surface area contributed by atoms with Crippen LogP contribution in [0.2, 0.25) is 0 Å². The normalized spacial score (nSPS) is 16.8. The van der Waals surface area contributed by atoms with Crippen molar-refractivity contribution in [2.75, 3.05) is 42.3 Å². The molecular formula is C24H31N7O2S. The Kier molecular flexibility index (Phi) is 7.15. The predicted octanol–water partition coefficient (Wildman–Crippen LogP) is 3.71. The van der Waals surface area contributed by atoms with Crippen LogP contribution in [0.25, 0.3) is 5.69 Å². The molecule has 10 heteroatoms. The van der Waals surface area contributed by atoms with E-state index < -0.39 is 0 Å². The number of amides is 1. The summed E-state index contributed by atoms with van der Waals surface area (Å²) < 4.78 is 9.58. The molecule has 1 N–H and O–H groups in total. The van der Waals surface area contributed by atoms with Gasteiger partial charge in [-0.15, -0.1) is 10.2 Å². The molecule has 3 heterocycles. The maximum atomic E-state index is 12.9. The van der Waals surface area contributed by atoms with Gasteiger partial charge in [0.05, 0.1) is 36.9 Å². The molecule has 1 aromatic carbocycles. The monoisotopic (exact) mass is 481 g/mol.